The average molecular weight is 288 g/mol. The van der Waals surface area contributed by atoms with Gasteiger partial charge in [0.2, 0.25) is 0 Å². The van der Waals surface area contributed by atoms with Gasteiger partial charge in [-0.05, 0) is 38.8 Å². The molecule has 1 heterocycles. The summed E-state index contributed by atoms with van der Waals surface area (Å²) in [6, 6.07) is 5.28. The fraction of sp³-hybridized carbons (Fsp3) is 0.471. The van der Waals surface area contributed by atoms with E-state index in [0.717, 1.165) is 30.6 Å². The molecule has 0 amide bonds. The van der Waals surface area contributed by atoms with Gasteiger partial charge in [0.1, 0.15) is 5.58 Å². The number of benzene rings is 1. The maximum atomic E-state index is 12.4. The van der Waals surface area contributed by atoms with Crippen LogP contribution in [0.2, 0.25) is 0 Å². The Morgan fingerprint density at radius 3 is 2.57 bits per heavy atom. The number of nitrogens with zero attached hydrogens (tertiary/aromatic N) is 1. The molecule has 21 heavy (non-hydrogen) atoms. The molecule has 0 aliphatic rings. The predicted octanol–water partition coefficient (Wildman–Crippen LogP) is 3.36. The quantitative estimate of drug-likeness (QED) is 0.916. The summed E-state index contributed by atoms with van der Waals surface area (Å²) in [6.45, 7) is 9.71. The first kappa shape index (κ1) is 15.6. The van der Waals surface area contributed by atoms with Gasteiger partial charge < -0.3 is 15.1 Å². The lowest BCUT2D eigenvalue weighted by Gasteiger charge is -2.21. The van der Waals surface area contributed by atoms with Gasteiger partial charge in [-0.2, -0.15) is 0 Å². The van der Waals surface area contributed by atoms with Crippen LogP contribution in [0, 0.1) is 6.92 Å². The van der Waals surface area contributed by atoms with Crippen LogP contribution in [-0.2, 0) is 0 Å². The standard InChI is InChI=1S/C17H24N2O2/c1-5-7-19(6-2)16-10-15(20)14-9-11(3)8-13(12(4)18)17(14)21-16/h8-10,12H,5-7,18H2,1-4H3. The van der Waals surface area contributed by atoms with Crippen molar-refractivity contribution in [2.75, 3.05) is 18.0 Å². The summed E-state index contributed by atoms with van der Waals surface area (Å²) in [6.07, 6.45) is 1.00. The number of aryl methyl sites for hydroxylation is 1. The number of nitrogens with two attached hydrogens (primary N) is 1. The molecule has 0 aliphatic carbocycles. The highest BCUT2D eigenvalue weighted by atomic mass is 16.4. The smallest absolute Gasteiger partial charge is 0.199 e. The molecule has 1 aromatic carbocycles. The Morgan fingerprint density at radius 1 is 1.29 bits per heavy atom. The zero-order valence-corrected chi connectivity index (χ0v) is 13.3. The third-order valence-corrected chi connectivity index (χ3v) is 3.67. The second kappa shape index (κ2) is 6.31. The summed E-state index contributed by atoms with van der Waals surface area (Å²) in [7, 11) is 0. The minimum atomic E-state index is -0.174. The summed E-state index contributed by atoms with van der Waals surface area (Å²) >= 11 is 0. The van der Waals surface area contributed by atoms with E-state index in [1.165, 1.54) is 0 Å². The molecule has 2 rings (SSSR count). The van der Waals surface area contributed by atoms with Gasteiger partial charge in [0.25, 0.3) is 0 Å². The molecule has 114 valence electrons. The van der Waals surface area contributed by atoms with Crippen molar-refractivity contribution in [1.82, 2.24) is 0 Å². The Morgan fingerprint density at radius 2 is 2.00 bits per heavy atom. The van der Waals surface area contributed by atoms with Crippen LogP contribution in [0.4, 0.5) is 5.88 Å². The predicted molar refractivity (Wildman–Crippen MR) is 88.0 cm³/mol. The van der Waals surface area contributed by atoms with E-state index in [1.807, 2.05) is 26.0 Å². The lowest BCUT2D eigenvalue weighted by molar-refractivity contribution is 0.564. The van der Waals surface area contributed by atoms with Gasteiger partial charge in [0.15, 0.2) is 11.3 Å². The Balaban J connectivity index is 2.71. The van der Waals surface area contributed by atoms with E-state index in [1.54, 1.807) is 6.07 Å². The topological polar surface area (TPSA) is 59.5 Å². The van der Waals surface area contributed by atoms with Gasteiger partial charge in [-0.25, -0.2) is 0 Å². The zero-order chi connectivity index (χ0) is 15.6. The number of hydrogen-bond donors (Lipinski definition) is 1. The first-order valence-corrected chi connectivity index (χ1v) is 7.56. The highest BCUT2D eigenvalue weighted by Crippen LogP contribution is 2.27. The number of fused-ring (bicyclic) bond motifs is 1. The SMILES string of the molecule is CCCN(CC)c1cc(=O)c2cc(C)cc(C(C)N)c2o1. The molecule has 0 fully saturated rings. The van der Waals surface area contributed by atoms with Gasteiger partial charge in [0, 0.05) is 30.8 Å². The normalized spacial score (nSPS) is 12.6. The van der Waals surface area contributed by atoms with Crippen LogP contribution in [0.15, 0.2) is 27.4 Å². The molecule has 0 saturated heterocycles. The minimum Gasteiger partial charge on any atom is -0.440 e. The van der Waals surface area contributed by atoms with Gasteiger partial charge in [-0.15, -0.1) is 0 Å². The van der Waals surface area contributed by atoms with E-state index in [9.17, 15) is 4.79 Å². The molecule has 2 N–H and O–H groups in total. The van der Waals surface area contributed by atoms with E-state index in [4.69, 9.17) is 10.2 Å². The number of rotatable bonds is 5. The van der Waals surface area contributed by atoms with Crippen LogP contribution in [0.5, 0.6) is 0 Å². The van der Waals surface area contributed by atoms with Crippen LogP contribution >= 0.6 is 0 Å². The maximum Gasteiger partial charge on any atom is 0.199 e. The molecule has 1 unspecified atom stereocenters. The third-order valence-electron chi connectivity index (χ3n) is 3.67. The van der Waals surface area contributed by atoms with Crippen molar-refractivity contribution in [3.63, 3.8) is 0 Å². The number of anilines is 1. The van der Waals surface area contributed by atoms with Crippen LogP contribution in [0.3, 0.4) is 0 Å². The van der Waals surface area contributed by atoms with Crippen LogP contribution in [0.25, 0.3) is 11.0 Å². The fourth-order valence-electron chi connectivity index (χ4n) is 2.61. The van der Waals surface area contributed by atoms with Crippen LogP contribution in [-0.4, -0.2) is 13.1 Å². The molecule has 0 aliphatic heterocycles. The van der Waals surface area contributed by atoms with E-state index in [-0.39, 0.29) is 11.5 Å². The Hall–Kier alpha value is -1.81. The summed E-state index contributed by atoms with van der Waals surface area (Å²) < 4.78 is 6.04. The van der Waals surface area contributed by atoms with Crippen molar-refractivity contribution >= 4 is 16.9 Å². The molecule has 2 aromatic rings. The second-order valence-corrected chi connectivity index (χ2v) is 5.55. The van der Waals surface area contributed by atoms with Crippen molar-refractivity contribution < 1.29 is 4.42 Å². The molecule has 0 bridgehead atoms. The Labute approximate surface area is 125 Å². The highest BCUT2D eigenvalue weighted by molar-refractivity contribution is 5.82. The van der Waals surface area contributed by atoms with E-state index in [2.05, 4.69) is 18.7 Å². The maximum absolute atomic E-state index is 12.4. The molecule has 0 saturated carbocycles. The molecular weight excluding hydrogens is 264 g/mol. The highest BCUT2D eigenvalue weighted by Gasteiger charge is 2.15. The first-order chi connectivity index (χ1) is 9.97. The summed E-state index contributed by atoms with van der Waals surface area (Å²) in [5, 5.41) is 0.610. The second-order valence-electron chi connectivity index (χ2n) is 5.55. The molecule has 1 atom stereocenters. The first-order valence-electron chi connectivity index (χ1n) is 7.56. The van der Waals surface area contributed by atoms with Crippen LogP contribution < -0.4 is 16.1 Å². The molecule has 4 heteroatoms. The lowest BCUT2D eigenvalue weighted by atomic mass is 10.0. The van der Waals surface area contributed by atoms with Crippen LogP contribution in [0.1, 0.15) is 44.4 Å². The van der Waals surface area contributed by atoms with Gasteiger partial charge in [-0.1, -0.05) is 13.0 Å². The lowest BCUT2D eigenvalue weighted by Crippen LogP contribution is -2.24. The largest absolute Gasteiger partial charge is 0.440 e. The molecule has 4 nitrogen and oxygen atoms in total. The Kier molecular flexibility index (Phi) is 4.68. The van der Waals surface area contributed by atoms with Crippen molar-refractivity contribution in [2.24, 2.45) is 5.73 Å². The number of hydrogen-bond acceptors (Lipinski definition) is 4. The van der Waals surface area contributed by atoms with Crippen molar-refractivity contribution in [2.45, 2.75) is 40.2 Å². The molecular formula is C17H24N2O2. The third kappa shape index (κ3) is 3.10. The average Bonchev–Trinajstić information content (AvgIpc) is 2.44. The molecule has 0 spiro atoms. The fourth-order valence-corrected chi connectivity index (χ4v) is 2.61. The van der Waals surface area contributed by atoms with Crippen molar-refractivity contribution in [3.05, 3.63) is 39.5 Å². The van der Waals surface area contributed by atoms with E-state index < -0.39 is 0 Å². The molecule has 1 aromatic heterocycles. The monoisotopic (exact) mass is 288 g/mol. The van der Waals surface area contributed by atoms with Gasteiger partial charge in [-0.3, -0.25) is 4.79 Å². The van der Waals surface area contributed by atoms with E-state index >= 15 is 0 Å². The summed E-state index contributed by atoms with van der Waals surface area (Å²) in [4.78, 5) is 14.5. The van der Waals surface area contributed by atoms with Gasteiger partial charge in [0.05, 0.1) is 5.39 Å². The van der Waals surface area contributed by atoms with Gasteiger partial charge >= 0.3 is 0 Å². The zero-order valence-electron chi connectivity index (χ0n) is 13.3. The van der Waals surface area contributed by atoms with E-state index in [0.29, 0.717) is 16.9 Å². The molecule has 0 radical (unpaired) electrons. The summed E-state index contributed by atoms with van der Waals surface area (Å²) in [5.41, 5.74) is 8.56. The Bertz CT molecular complexity index is 689. The van der Waals surface area contributed by atoms with Crippen molar-refractivity contribution in [3.8, 4) is 0 Å². The summed E-state index contributed by atoms with van der Waals surface area (Å²) in [5.74, 6) is 0.627. The van der Waals surface area contributed by atoms with Crippen molar-refractivity contribution in [1.29, 1.82) is 0 Å². The minimum absolute atomic E-state index is 0.00796.